The van der Waals surface area contributed by atoms with E-state index in [-0.39, 0.29) is 11.6 Å². The molecule has 0 fully saturated rings. The van der Waals surface area contributed by atoms with E-state index in [1.54, 1.807) is 43.3 Å². The second kappa shape index (κ2) is 8.39. The molecule has 0 unspecified atom stereocenters. The molecule has 4 aromatic rings. The van der Waals surface area contributed by atoms with Crippen LogP contribution in [-0.4, -0.2) is 37.0 Å². The largest absolute Gasteiger partial charge is 0.494 e. The van der Waals surface area contributed by atoms with Crippen LogP contribution in [0.1, 0.15) is 18.1 Å². The highest BCUT2D eigenvalue weighted by atomic mass is 32.2. The Kier molecular flexibility index (Phi) is 5.63. The molecule has 8 heteroatoms. The van der Waals surface area contributed by atoms with Crippen LogP contribution in [0.3, 0.4) is 0 Å². The van der Waals surface area contributed by atoms with Gasteiger partial charge in [0.2, 0.25) is 10.0 Å². The summed E-state index contributed by atoms with van der Waals surface area (Å²) in [4.78, 5) is 7.81. The summed E-state index contributed by atoms with van der Waals surface area (Å²) in [5.74, 6) is 0.0171. The van der Waals surface area contributed by atoms with Crippen LogP contribution in [0.4, 0.5) is 17.1 Å². The second-order valence-corrected chi connectivity index (χ2v) is 9.65. The highest BCUT2D eigenvalue weighted by Crippen LogP contribution is 2.33. The number of rotatable bonds is 6. The van der Waals surface area contributed by atoms with E-state index in [0.717, 1.165) is 16.5 Å². The minimum Gasteiger partial charge on any atom is -0.494 e. The van der Waals surface area contributed by atoms with Crippen molar-refractivity contribution < 1.29 is 13.5 Å². The number of sulfonamides is 1. The lowest BCUT2D eigenvalue weighted by atomic mass is 10.0. The molecule has 4 N–H and O–H groups in total. The van der Waals surface area contributed by atoms with Gasteiger partial charge in [0.1, 0.15) is 0 Å². The van der Waals surface area contributed by atoms with E-state index in [9.17, 15) is 13.5 Å². The van der Waals surface area contributed by atoms with Crippen LogP contribution in [0.5, 0.6) is 5.88 Å². The van der Waals surface area contributed by atoms with Crippen molar-refractivity contribution in [1.29, 1.82) is 0 Å². The molecule has 0 atom stereocenters. The summed E-state index contributed by atoms with van der Waals surface area (Å²) in [5, 5.41) is 11.5. The molecule has 0 radical (unpaired) electrons. The van der Waals surface area contributed by atoms with E-state index in [1.165, 1.54) is 11.4 Å². The van der Waals surface area contributed by atoms with Gasteiger partial charge in [-0.2, -0.15) is 0 Å². The quantitative estimate of drug-likeness (QED) is 0.300. The number of aromatic amines is 1. The highest BCUT2D eigenvalue weighted by molar-refractivity contribution is 7.92. The smallest absolute Gasteiger partial charge is 0.234 e. The average Bonchev–Trinajstić information content (AvgIpc) is 3.12. The van der Waals surface area contributed by atoms with Crippen LogP contribution in [-0.2, 0) is 10.0 Å². The standard InChI is InChI=1S/C24H24N4O3S/c1-3-32(30,31)28(2)19-12-10-18(11-13-19)26-23(16-7-5-4-6-8-16)22-20-15-17(25)9-14-21(20)27-24(22)29/h4-15,27,29H,3,25H2,1-2H3. The van der Waals surface area contributed by atoms with Gasteiger partial charge in [-0.1, -0.05) is 30.3 Å². The van der Waals surface area contributed by atoms with Gasteiger partial charge in [-0.15, -0.1) is 0 Å². The molecule has 32 heavy (non-hydrogen) atoms. The number of H-pyrrole nitrogens is 1. The Labute approximate surface area is 186 Å². The zero-order valence-electron chi connectivity index (χ0n) is 17.8. The third-order valence-corrected chi connectivity index (χ3v) is 7.10. The predicted octanol–water partition coefficient (Wildman–Crippen LogP) is 4.41. The highest BCUT2D eigenvalue weighted by Gasteiger charge is 2.19. The number of nitrogen functional groups attached to an aromatic ring is 1. The maximum atomic E-state index is 12.1. The first-order valence-corrected chi connectivity index (χ1v) is 11.7. The number of aliphatic imine (C=N–C) groups is 1. The van der Waals surface area contributed by atoms with Gasteiger partial charge in [0.25, 0.3) is 0 Å². The summed E-state index contributed by atoms with van der Waals surface area (Å²) in [6.45, 7) is 1.61. The van der Waals surface area contributed by atoms with Crippen LogP contribution >= 0.6 is 0 Å². The van der Waals surface area contributed by atoms with E-state index >= 15 is 0 Å². The molecule has 0 amide bonds. The van der Waals surface area contributed by atoms with Crippen LogP contribution in [0, 0.1) is 0 Å². The van der Waals surface area contributed by atoms with E-state index in [1.807, 2.05) is 36.4 Å². The van der Waals surface area contributed by atoms with Gasteiger partial charge in [0.15, 0.2) is 5.88 Å². The topological polar surface area (TPSA) is 112 Å². The molecule has 0 saturated heterocycles. The first-order chi connectivity index (χ1) is 15.3. The van der Waals surface area contributed by atoms with Gasteiger partial charge in [-0.05, 0) is 49.4 Å². The molecule has 0 spiro atoms. The van der Waals surface area contributed by atoms with Crippen molar-refractivity contribution in [2.24, 2.45) is 4.99 Å². The molecular weight excluding hydrogens is 424 g/mol. The Morgan fingerprint density at radius 2 is 1.75 bits per heavy atom. The Balaban J connectivity index is 1.85. The third-order valence-electron chi connectivity index (χ3n) is 5.32. The van der Waals surface area contributed by atoms with Gasteiger partial charge in [-0.25, -0.2) is 13.4 Å². The van der Waals surface area contributed by atoms with Gasteiger partial charge >= 0.3 is 0 Å². The summed E-state index contributed by atoms with van der Waals surface area (Å²) >= 11 is 0. The van der Waals surface area contributed by atoms with Gasteiger partial charge in [0.05, 0.1) is 28.4 Å². The molecule has 0 aliphatic heterocycles. The normalized spacial score (nSPS) is 12.2. The summed E-state index contributed by atoms with van der Waals surface area (Å²) < 4.78 is 25.6. The van der Waals surface area contributed by atoms with Crippen LogP contribution < -0.4 is 10.0 Å². The van der Waals surface area contributed by atoms with E-state index in [2.05, 4.69) is 4.98 Å². The first-order valence-electron chi connectivity index (χ1n) is 10.1. The Morgan fingerprint density at radius 3 is 2.41 bits per heavy atom. The minimum absolute atomic E-state index is 0.00130. The Bertz CT molecular complexity index is 1390. The van der Waals surface area contributed by atoms with Crippen LogP contribution in [0.15, 0.2) is 77.8 Å². The molecule has 4 rings (SSSR count). The van der Waals surface area contributed by atoms with Crippen molar-refractivity contribution >= 4 is 43.7 Å². The zero-order valence-corrected chi connectivity index (χ0v) is 18.6. The van der Waals surface area contributed by atoms with Crippen molar-refractivity contribution in [3.8, 4) is 5.88 Å². The molecule has 3 aromatic carbocycles. The number of aromatic nitrogens is 1. The number of hydrogen-bond acceptors (Lipinski definition) is 5. The van der Waals surface area contributed by atoms with E-state index in [4.69, 9.17) is 10.7 Å². The van der Waals surface area contributed by atoms with Crippen molar-refractivity contribution in [1.82, 2.24) is 4.98 Å². The monoisotopic (exact) mass is 448 g/mol. The number of nitrogens with one attached hydrogen (secondary N) is 1. The minimum atomic E-state index is -3.35. The maximum Gasteiger partial charge on any atom is 0.234 e. The van der Waals surface area contributed by atoms with Crippen molar-refractivity contribution in [3.05, 3.63) is 83.9 Å². The van der Waals surface area contributed by atoms with Gasteiger partial charge in [0, 0.05) is 29.2 Å². The number of benzene rings is 3. The van der Waals surface area contributed by atoms with Crippen molar-refractivity contribution in [2.75, 3.05) is 22.8 Å². The van der Waals surface area contributed by atoms with Gasteiger partial charge < -0.3 is 15.8 Å². The number of nitrogens with two attached hydrogens (primary N) is 1. The van der Waals surface area contributed by atoms with Crippen molar-refractivity contribution in [3.63, 3.8) is 0 Å². The lowest BCUT2D eigenvalue weighted by Crippen LogP contribution is -2.27. The van der Waals surface area contributed by atoms with E-state index in [0.29, 0.717) is 28.3 Å². The third kappa shape index (κ3) is 4.04. The number of hydrogen-bond donors (Lipinski definition) is 3. The number of fused-ring (bicyclic) bond motifs is 1. The summed E-state index contributed by atoms with van der Waals surface area (Å²) in [7, 11) is -1.82. The van der Waals surface area contributed by atoms with Crippen LogP contribution in [0.25, 0.3) is 10.9 Å². The number of aromatic hydroxyl groups is 1. The summed E-state index contributed by atoms with van der Waals surface area (Å²) in [5.41, 5.74) is 10.4. The van der Waals surface area contributed by atoms with Gasteiger partial charge in [-0.3, -0.25) is 4.31 Å². The summed E-state index contributed by atoms with van der Waals surface area (Å²) in [6, 6.07) is 21.8. The summed E-state index contributed by atoms with van der Waals surface area (Å²) in [6.07, 6.45) is 0. The molecule has 7 nitrogen and oxygen atoms in total. The fraction of sp³-hybridized carbons (Fsp3) is 0.125. The van der Waals surface area contributed by atoms with Crippen LogP contribution in [0.2, 0.25) is 0 Å². The number of anilines is 2. The van der Waals surface area contributed by atoms with E-state index < -0.39 is 10.0 Å². The molecule has 164 valence electrons. The Hall–Kier alpha value is -3.78. The second-order valence-electron chi connectivity index (χ2n) is 7.36. The number of nitrogens with zero attached hydrogens (tertiary/aromatic N) is 2. The molecule has 1 heterocycles. The maximum absolute atomic E-state index is 12.1. The first kappa shape index (κ1) is 21.5. The lowest BCUT2D eigenvalue weighted by molar-refractivity contribution is 0.457. The fourth-order valence-corrected chi connectivity index (χ4v) is 4.35. The molecule has 0 saturated carbocycles. The fourth-order valence-electron chi connectivity index (χ4n) is 3.52. The Morgan fingerprint density at radius 1 is 1.06 bits per heavy atom. The SMILES string of the molecule is CCS(=O)(=O)N(C)c1ccc(N=C(c2ccccc2)c2c(O)[nH]c3ccc(N)cc23)cc1. The molecule has 0 bridgehead atoms. The molecular formula is C24H24N4O3S. The lowest BCUT2D eigenvalue weighted by Gasteiger charge is -2.18. The molecule has 0 aliphatic rings. The predicted molar refractivity (Wildman–Crippen MR) is 130 cm³/mol. The zero-order chi connectivity index (χ0) is 22.9. The molecule has 0 aliphatic carbocycles. The average molecular weight is 449 g/mol. The van der Waals surface area contributed by atoms with Crippen molar-refractivity contribution in [2.45, 2.75) is 6.92 Å². The molecule has 1 aromatic heterocycles.